The van der Waals surface area contributed by atoms with Crippen LogP contribution in [-0.2, 0) is 12.8 Å². The van der Waals surface area contributed by atoms with E-state index in [4.69, 9.17) is 0 Å². The minimum atomic E-state index is 0.886. The van der Waals surface area contributed by atoms with Gasteiger partial charge in [-0.15, -0.1) is 0 Å². The molecule has 0 aliphatic carbocycles. The van der Waals surface area contributed by atoms with E-state index >= 15 is 0 Å². The first-order chi connectivity index (χ1) is 8.81. The van der Waals surface area contributed by atoms with Crippen LogP contribution in [0.1, 0.15) is 31.7 Å². The van der Waals surface area contributed by atoms with Gasteiger partial charge in [0.05, 0.1) is 0 Å². The molecule has 0 aliphatic heterocycles. The first-order valence-corrected chi connectivity index (χ1v) is 6.36. The molecule has 0 atom stereocenters. The van der Waals surface area contributed by atoms with E-state index < -0.39 is 0 Å². The van der Waals surface area contributed by atoms with Crippen molar-refractivity contribution in [2.24, 2.45) is 0 Å². The van der Waals surface area contributed by atoms with Crippen LogP contribution in [0.2, 0.25) is 0 Å². The molecule has 0 radical (unpaired) electrons. The third kappa shape index (κ3) is 2.20. The van der Waals surface area contributed by atoms with Crippen LogP contribution in [0.15, 0.2) is 18.7 Å². The van der Waals surface area contributed by atoms with E-state index in [9.17, 15) is 0 Å². The van der Waals surface area contributed by atoms with Gasteiger partial charge in [0.2, 0.25) is 0 Å². The van der Waals surface area contributed by atoms with Crippen molar-refractivity contribution >= 4 is 5.82 Å². The number of nitrogens with zero attached hydrogens (tertiary/aromatic N) is 4. The molecule has 0 amide bonds. The van der Waals surface area contributed by atoms with E-state index in [0.29, 0.717) is 0 Å². The molecule has 2 aromatic rings. The van der Waals surface area contributed by atoms with Gasteiger partial charge in [-0.1, -0.05) is 20.3 Å². The smallest absolute Gasteiger partial charge is 0.146 e. The number of imidazole rings is 1. The molecule has 0 spiro atoms. The summed E-state index contributed by atoms with van der Waals surface area (Å²) in [4.78, 5) is 13.1. The van der Waals surface area contributed by atoms with E-state index in [0.717, 1.165) is 42.3 Å². The van der Waals surface area contributed by atoms with E-state index in [-0.39, 0.29) is 0 Å². The predicted octanol–water partition coefficient (Wildman–Crippen LogP) is 2.22. The topological polar surface area (TPSA) is 55.6 Å². The molecule has 0 fully saturated rings. The zero-order valence-corrected chi connectivity index (χ0v) is 11.1. The third-order valence-electron chi connectivity index (χ3n) is 2.92. The summed E-state index contributed by atoms with van der Waals surface area (Å²) in [6, 6.07) is 0. The van der Waals surface area contributed by atoms with E-state index in [1.54, 1.807) is 6.33 Å². The quantitative estimate of drug-likeness (QED) is 0.877. The maximum absolute atomic E-state index is 4.43. The Bertz CT molecular complexity index is 518. The van der Waals surface area contributed by atoms with Crippen molar-refractivity contribution in [2.75, 3.05) is 12.4 Å². The molecule has 96 valence electrons. The lowest BCUT2D eigenvalue weighted by Gasteiger charge is -2.13. The van der Waals surface area contributed by atoms with Crippen LogP contribution in [0.3, 0.4) is 0 Å². The van der Waals surface area contributed by atoms with Crippen LogP contribution in [0.5, 0.6) is 0 Å². The summed E-state index contributed by atoms with van der Waals surface area (Å²) in [5.74, 6) is 2.86. The summed E-state index contributed by atoms with van der Waals surface area (Å²) >= 11 is 0. The van der Waals surface area contributed by atoms with Gasteiger partial charge in [0.1, 0.15) is 23.8 Å². The Balaban J connectivity index is 2.56. The van der Waals surface area contributed by atoms with Crippen molar-refractivity contribution in [1.29, 1.82) is 0 Å². The highest BCUT2D eigenvalue weighted by atomic mass is 15.1. The molecule has 0 aromatic carbocycles. The Labute approximate surface area is 107 Å². The number of anilines is 1. The molecule has 2 heterocycles. The van der Waals surface area contributed by atoms with Gasteiger partial charge in [0, 0.05) is 31.4 Å². The molecule has 5 heteroatoms. The molecule has 0 unspecified atom stereocenters. The third-order valence-corrected chi connectivity index (χ3v) is 2.92. The van der Waals surface area contributed by atoms with Crippen LogP contribution < -0.4 is 5.32 Å². The summed E-state index contributed by atoms with van der Waals surface area (Å²) in [7, 11) is 1.89. The van der Waals surface area contributed by atoms with Crippen LogP contribution in [-0.4, -0.2) is 26.6 Å². The summed E-state index contributed by atoms with van der Waals surface area (Å²) in [6.07, 6.45) is 8.27. The Hall–Kier alpha value is -1.91. The molecular formula is C13H19N5. The lowest BCUT2D eigenvalue weighted by atomic mass is 10.1. The second kappa shape index (κ2) is 5.62. The average molecular weight is 245 g/mol. The molecule has 2 rings (SSSR count). The minimum absolute atomic E-state index is 0.886. The first kappa shape index (κ1) is 12.5. The summed E-state index contributed by atoms with van der Waals surface area (Å²) in [5, 5.41) is 3.14. The van der Waals surface area contributed by atoms with Gasteiger partial charge in [0.25, 0.3) is 0 Å². The van der Waals surface area contributed by atoms with Gasteiger partial charge in [-0.05, 0) is 6.42 Å². The number of rotatable bonds is 5. The number of hydrogen-bond acceptors (Lipinski definition) is 4. The fraction of sp³-hybridized carbons (Fsp3) is 0.462. The van der Waals surface area contributed by atoms with Crippen LogP contribution in [0.25, 0.3) is 5.82 Å². The highest BCUT2D eigenvalue weighted by Crippen LogP contribution is 2.21. The molecule has 5 nitrogen and oxygen atoms in total. The highest BCUT2D eigenvalue weighted by molar-refractivity contribution is 5.51. The fourth-order valence-electron chi connectivity index (χ4n) is 2.10. The Morgan fingerprint density at radius 2 is 2.06 bits per heavy atom. The van der Waals surface area contributed by atoms with Gasteiger partial charge in [-0.3, -0.25) is 4.57 Å². The van der Waals surface area contributed by atoms with Crippen LogP contribution in [0, 0.1) is 0 Å². The zero-order chi connectivity index (χ0) is 13.0. The van der Waals surface area contributed by atoms with Gasteiger partial charge < -0.3 is 5.32 Å². The second-order valence-electron chi connectivity index (χ2n) is 4.09. The number of aryl methyl sites for hydroxylation is 1. The Morgan fingerprint density at radius 3 is 2.72 bits per heavy atom. The molecule has 0 bridgehead atoms. The van der Waals surface area contributed by atoms with E-state index in [2.05, 4.69) is 34.1 Å². The lowest BCUT2D eigenvalue weighted by Crippen LogP contribution is -2.09. The summed E-state index contributed by atoms with van der Waals surface area (Å²) in [5.41, 5.74) is 1.15. The highest BCUT2D eigenvalue weighted by Gasteiger charge is 2.13. The SMILES string of the molecule is CCCc1c(NC)ncnc1-n1ccnc1CC. The minimum Gasteiger partial charge on any atom is -0.373 e. The monoisotopic (exact) mass is 245 g/mol. The Morgan fingerprint density at radius 1 is 1.22 bits per heavy atom. The molecule has 2 aromatic heterocycles. The Kier molecular flexibility index (Phi) is 3.92. The molecule has 0 saturated heterocycles. The predicted molar refractivity (Wildman–Crippen MR) is 72.1 cm³/mol. The molecule has 0 saturated carbocycles. The van der Waals surface area contributed by atoms with E-state index in [1.165, 1.54) is 0 Å². The van der Waals surface area contributed by atoms with Gasteiger partial charge in [0.15, 0.2) is 0 Å². The normalized spacial score (nSPS) is 10.6. The zero-order valence-electron chi connectivity index (χ0n) is 11.1. The van der Waals surface area contributed by atoms with Crippen LogP contribution >= 0.6 is 0 Å². The first-order valence-electron chi connectivity index (χ1n) is 6.36. The molecule has 1 N–H and O–H groups in total. The average Bonchev–Trinajstić information content (AvgIpc) is 2.87. The molecular weight excluding hydrogens is 226 g/mol. The standard InChI is InChI=1S/C13H19N5/c1-4-6-10-12(14-3)16-9-17-13(10)18-8-7-15-11(18)5-2/h7-9H,4-6H2,1-3H3,(H,14,16,17). The molecule has 18 heavy (non-hydrogen) atoms. The lowest BCUT2D eigenvalue weighted by molar-refractivity contribution is 0.822. The van der Waals surface area contributed by atoms with Crippen molar-refractivity contribution in [3.63, 3.8) is 0 Å². The largest absolute Gasteiger partial charge is 0.373 e. The van der Waals surface area contributed by atoms with Crippen molar-refractivity contribution in [2.45, 2.75) is 33.1 Å². The van der Waals surface area contributed by atoms with Gasteiger partial charge >= 0.3 is 0 Å². The maximum Gasteiger partial charge on any atom is 0.146 e. The van der Waals surface area contributed by atoms with Crippen molar-refractivity contribution in [1.82, 2.24) is 19.5 Å². The summed E-state index contributed by atoms with van der Waals surface area (Å²) < 4.78 is 2.05. The molecule has 0 aliphatic rings. The van der Waals surface area contributed by atoms with E-state index in [1.807, 2.05) is 24.0 Å². The number of aromatic nitrogens is 4. The summed E-state index contributed by atoms with van der Waals surface area (Å²) in [6.45, 7) is 4.25. The van der Waals surface area contributed by atoms with Crippen molar-refractivity contribution in [3.05, 3.63) is 30.1 Å². The van der Waals surface area contributed by atoms with Gasteiger partial charge in [-0.25, -0.2) is 15.0 Å². The fourth-order valence-corrected chi connectivity index (χ4v) is 2.10. The van der Waals surface area contributed by atoms with Gasteiger partial charge in [-0.2, -0.15) is 0 Å². The maximum atomic E-state index is 4.43. The van der Waals surface area contributed by atoms with Crippen molar-refractivity contribution in [3.8, 4) is 5.82 Å². The number of hydrogen-bond donors (Lipinski definition) is 1. The van der Waals surface area contributed by atoms with Crippen LogP contribution in [0.4, 0.5) is 5.82 Å². The van der Waals surface area contributed by atoms with Crippen molar-refractivity contribution < 1.29 is 0 Å². The number of nitrogens with one attached hydrogen (secondary N) is 1. The second-order valence-corrected chi connectivity index (χ2v) is 4.09.